The van der Waals surface area contributed by atoms with Gasteiger partial charge in [0.2, 0.25) is 5.88 Å². The number of nitrogens with two attached hydrogens (primary N) is 1. The van der Waals surface area contributed by atoms with E-state index in [1.165, 1.54) is 0 Å². The molecule has 5 rings (SSSR count). The quantitative estimate of drug-likeness (QED) is 0.329. The third-order valence-corrected chi connectivity index (χ3v) is 10.4. The van der Waals surface area contributed by atoms with Crippen LogP contribution in [0.25, 0.3) is 10.8 Å². The third kappa shape index (κ3) is 5.62. The fourth-order valence-corrected chi connectivity index (χ4v) is 6.69. The van der Waals surface area contributed by atoms with Crippen LogP contribution in [0.5, 0.6) is 5.88 Å². The van der Waals surface area contributed by atoms with Crippen molar-refractivity contribution in [2.75, 3.05) is 11.1 Å². The molecule has 2 aliphatic rings. The number of cyclic esters (lactones) is 1. The van der Waals surface area contributed by atoms with Crippen LogP contribution in [-0.2, 0) is 20.1 Å². The van der Waals surface area contributed by atoms with E-state index in [2.05, 4.69) is 15.3 Å². The van der Waals surface area contributed by atoms with Crippen molar-refractivity contribution in [1.82, 2.24) is 15.0 Å². The van der Waals surface area contributed by atoms with Gasteiger partial charge in [0.05, 0.1) is 33.8 Å². The summed E-state index contributed by atoms with van der Waals surface area (Å²) in [6.07, 6.45) is 5.38. The largest absolute Gasteiger partial charge is 0.474 e. The van der Waals surface area contributed by atoms with Crippen LogP contribution in [0.15, 0.2) is 30.6 Å². The Morgan fingerprint density at radius 1 is 1.18 bits per heavy atom. The van der Waals surface area contributed by atoms with E-state index < -0.39 is 15.4 Å². The highest BCUT2D eigenvalue weighted by Gasteiger charge is 2.35. The van der Waals surface area contributed by atoms with Gasteiger partial charge in [-0.05, 0) is 75.6 Å². The molecule has 40 heavy (non-hydrogen) atoms. The molecule has 0 amide bonds. The molecular weight excluding hydrogens is 530 g/mol. The van der Waals surface area contributed by atoms with Gasteiger partial charge in [0.1, 0.15) is 17.7 Å². The van der Waals surface area contributed by atoms with Crippen LogP contribution in [0, 0.1) is 0 Å². The summed E-state index contributed by atoms with van der Waals surface area (Å²) in [6.45, 7) is 9.67. The number of pyridine rings is 3. The van der Waals surface area contributed by atoms with Crippen LogP contribution < -0.4 is 15.8 Å². The van der Waals surface area contributed by atoms with Gasteiger partial charge in [0, 0.05) is 23.9 Å². The van der Waals surface area contributed by atoms with Crippen LogP contribution in [0.1, 0.15) is 87.8 Å². The van der Waals surface area contributed by atoms with Crippen LogP contribution in [0.3, 0.4) is 0 Å². The Morgan fingerprint density at radius 2 is 1.93 bits per heavy atom. The molecule has 4 heterocycles. The summed E-state index contributed by atoms with van der Waals surface area (Å²) < 4.78 is 36.2. The molecular formula is C29H37N5O5S. The van der Waals surface area contributed by atoms with Crippen LogP contribution in [-0.4, -0.2) is 52.5 Å². The minimum absolute atomic E-state index is 0.0415. The summed E-state index contributed by atoms with van der Waals surface area (Å²) in [5, 5.41) is 4.60. The Morgan fingerprint density at radius 3 is 2.62 bits per heavy atom. The summed E-state index contributed by atoms with van der Waals surface area (Å²) in [5.41, 5.74) is 8.01. The number of anilines is 2. The van der Waals surface area contributed by atoms with E-state index >= 15 is 0 Å². The second-order valence-corrected chi connectivity index (χ2v) is 13.7. The van der Waals surface area contributed by atoms with Gasteiger partial charge in [-0.3, -0.25) is 0 Å². The van der Waals surface area contributed by atoms with Crippen molar-refractivity contribution in [2.24, 2.45) is 5.73 Å². The molecule has 3 N–H and O–H groups in total. The van der Waals surface area contributed by atoms with Crippen molar-refractivity contribution in [1.29, 1.82) is 0 Å². The Balaban J connectivity index is 1.45. The van der Waals surface area contributed by atoms with E-state index in [9.17, 15) is 13.2 Å². The molecule has 0 spiro atoms. The van der Waals surface area contributed by atoms with Gasteiger partial charge in [-0.2, -0.15) is 0 Å². The van der Waals surface area contributed by atoms with E-state index in [0.717, 1.165) is 23.8 Å². The first-order valence-corrected chi connectivity index (χ1v) is 15.6. The van der Waals surface area contributed by atoms with E-state index in [-0.39, 0.29) is 35.1 Å². The summed E-state index contributed by atoms with van der Waals surface area (Å²) in [6, 6.07) is 5.34. The molecule has 3 aromatic heterocycles. The lowest BCUT2D eigenvalue weighted by Gasteiger charge is -2.27. The summed E-state index contributed by atoms with van der Waals surface area (Å²) in [4.78, 5) is 26.2. The lowest BCUT2D eigenvalue weighted by atomic mass is 9.88. The van der Waals surface area contributed by atoms with Crippen LogP contribution >= 0.6 is 0 Å². The normalized spacial score (nSPS) is 21.3. The molecule has 4 atom stereocenters. The van der Waals surface area contributed by atoms with Crippen molar-refractivity contribution in [3.8, 4) is 5.88 Å². The highest BCUT2D eigenvalue weighted by molar-refractivity contribution is 7.92. The fourth-order valence-electron chi connectivity index (χ4n) is 4.84. The van der Waals surface area contributed by atoms with Gasteiger partial charge < -0.3 is 20.5 Å². The molecule has 0 saturated heterocycles. The zero-order chi connectivity index (χ0) is 28.8. The SMILES string of the molecule is CCC(C)(N)c1cnc(O[C@@H](C)CCS(=O)(=O)C2CC2)c2cnc(Nc3ccc4c(n3)[C@@H](C)[C@H](C)OC4=O)cc12. The minimum atomic E-state index is -3.07. The monoisotopic (exact) mass is 567 g/mol. The zero-order valence-electron chi connectivity index (χ0n) is 23.6. The Kier molecular flexibility index (Phi) is 7.47. The molecule has 214 valence electrons. The molecule has 3 aromatic rings. The summed E-state index contributed by atoms with van der Waals surface area (Å²) >= 11 is 0. The highest BCUT2D eigenvalue weighted by Crippen LogP contribution is 2.36. The van der Waals surface area contributed by atoms with Crippen molar-refractivity contribution in [3.05, 3.63) is 47.4 Å². The van der Waals surface area contributed by atoms with Crippen molar-refractivity contribution >= 4 is 38.2 Å². The molecule has 10 nitrogen and oxygen atoms in total. The number of aromatic nitrogens is 3. The molecule has 0 radical (unpaired) electrons. The number of nitrogens with zero attached hydrogens (tertiary/aromatic N) is 3. The number of sulfone groups is 1. The predicted molar refractivity (Wildman–Crippen MR) is 154 cm³/mol. The first-order valence-electron chi connectivity index (χ1n) is 13.8. The van der Waals surface area contributed by atoms with Crippen LogP contribution in [0.4, 0.5) is 11.6 Å². The maximum atomic E-state index is 12.3. The maximum absolute atomic E-state index is 12.3. The number of carbonyl (C=O) groups excluding carboxylic acids is 1. The smallest absolute Gasteiger partial charge is 0.340 e. The molecule has 1 aliphatic carbocycles. The maximum Gasteiger partial charge on any atom is 0.340 e. The number of hydrogen-bond acceptors (Lipinski definition) is 10. The molecule has 1 fully saturated rings. The number of rotatable bonds is 10. The molecule has 1 aliphatic heterocycles. The molecule has 0 aromatic carbocycles. The minimum Gasteiger partial charge on any atom is -0.474 e. The average Bonchev–Trinajstić information content (AvgIpc) is 3.77. The molecule has 1 saturated carbocycles. The molecule has 11 heteroatoms. The number of hydrogen-bond donors (Lipinski definition) is 2. The first kappa shape index (κ1) is 28.2. The van der Waals surface area contributed by atoms with Gasteiger partial charge in [-0.15, -0.1) is 0 Å². The number of fused-ring (bicyclic) bond motifs is 2. The summed E-state index contributed by atoms with van der Waals surface area (Å²) in [7, 11) is -3.07. The first-order chi connectivity index (χ1) is 18.9. The van der Waals surface area contributed by atoms with E-state index in [0.29, 0.717) is 47.0 Å². The Bertz CT molecular complexity index is 1550. The van der Waals surface area contributed by atoms with E-state index in [1.807, 2.05) is 40.7 Å². The lowest BCUT2D eigenvalue weighted by Crippen LogP contribution is -2.32. The third-order valence-electron chi connectivity index (χ3n) is 8.07. The van der Waals surface area contributed by atoms with Crippen LogP contribution in [0.2, 0.25) is 0 Å². The second-order valence-electron chi connectivity index (χ2n) is 11.3. The standard InChI is InChI=1S/C29H37N5O5S/c1-6-29(5,30)23-15-32-27(38-16(2)11-12-40(36,37)19-7-8-19)22-14-31-25(13-21(22)23)33-24-10-9-20-26(34-24)17(3)18(4)39-28(20)35/h9-10,13-19H,6-8,11-12,30H2,1-5H3,(H,31,33,34)/t16-,17-,18-,29?/m0/s1. The van der Waals surface area contributed by atoms with Gasteiger partial charge in [0.25, 0.3) is 0 Å². The molecule has 0 bridgehead atoms. The van der Waals surface area contributed by atoms with Gasteiger partial charge in [-0.1, -0.05) is 13.8 Å². The van der Waals surface area contributed by atoms with Gasteiger partial charge in [-0.25, -0.2) is 28.2 Å². The predicted octanol–water partition coefficient (Wildman–Crippen LogP) is 4.75. The Hall–Kier alpha value is -3.31. The number of esters is 1. The number of ether oxygens (including phenoxy) is 2. The van der Waals surface area contributed by atoms with Crippen molar-refractivity contribution in [2.45, 2.75) is 89.2 Å². The Labute approximate surface area is 235 Å². The fraction of sp³-hybridized carbons (Fsp3) is 0.517. The highest BCUT2D eigenvalue weighted by atomic mass is 32.2. The lowest BCUT2D eigenvalue weighted by molar-refractivity contribution is 0.0235. The summed E-state index contributed by atoms with van der Waals surface area (Å²) in [5.74, 6) is 1.18. The topological polar surface area (TPSA) is 146 Å². The van der Waals surface area contributed by atoms with E-state index in [1.54, 1.807) is 24.5 Å². The zero-order valence-corrected chi connectivity index (χ0v) is 24.4. The second kappa shape index (κ2) is 10.6. The van der Waals surface area contributed by atoms with Crippen molar-refractivity contribution < 1.29 is 22.7 Å². The number of nitrogens with one attached hydrogen (secondary N) is 1. The van der Waals surface area contributed by atoms with E-state index in [4.69, 9.17) is 20.2 Å². The average molecular weight is 568 g/mol. The molecule has 1 unspecified atom stereocenters. The number of carbonyl (C=O) groups is 1. The van der Waals surface area contributed by atoms with Gasteiger partial charge in [0.15, 0.2) is 9.84 Å². The van der Waals surface area contributed by atoms with Gasteiger partial charge >= 0.3 is 5.97 Å². The van der Waals surface area contributed by atoms with Crippen molar-refractivity contribution in [3.63, 3.8) is 0 Å².